The second-order valence-corrected chi connectivity index (χ2v) is 7.53. The third-order valence-corrected chi connectivity index (χ3v) is 5.40. The summed E-state index contributed by atoms with van der Waals surface area (Å²) in [5.74, 6) is 0.778. The molecular weight excluding hydrogens is 350 g/mol. The molecule has 6 nitrogen and oxygen atoms in total. The van der Waals surface area contributed by atoms with Gasteiger partial charge in [0.15, 0.2) is 0 Å². The van der Waals surface area contributed by atoms with E-state index in [0.29, 0.717) is 18.0 Å². The molecular formula is C19H25N3O3S. The molecule has 140 valence electrons. The highest BCUT2D eigenvalue weighted by atomic mass is 32.1. The van der Waals surface area contributed by atoms with E-state index in [-0.39, 0.29) is 18.1 Å². The van der Waals surface area contributed by atoms with Crippen LogP contribution in [0.4, 0.5) is 0 Å². The Morgan fingerprint density at radius 1 is 1.38 bits per heavy atom. The Morgan fingerprint density at radius 3 is 2.81 bits per heavy atom. The van der Waals surface area contributed by atoms with Crippen molar-refractivity contribution in [2.45, 2.75) is 39.3 Å². The number of aromatic nitrogens is 1. The quantitative estimate of drug-likeness (QED) is 0.806. The molecule has 1 amide bonds. The van der Waals surface area contributed by atoms with Crippen LogP contribution in [0, 0.1) is 13.8 Å². The molecule has 1 N–H and O–H groups in total. The number of nitrogens with one attached hydrogen (secondary N) is 1. The van der Waals surface area contributed by atoms with Gasteiger partial charge in [-0.05, 0) is 32.4 Å². The zero-order valence-electron chi connectivity index (χ0n) is 15.4. The van der Waals surface area contributed by atoms with E-state index in [1.165, 1.54) is 11.3 Å². The summed E-state index contributed by atoms with van der Waals surface area (Å²) in [7, 11) is 0. The number of hydrogen-bond donors (Lipinski definition) is 1. The van der Waals surface area contributed by atoms with Crippen LogP contribution in [0.25, 0.3) is 0 Å². The number of hydroxylamine groups is 2. The average molecular weight is 375 g/mol. The highest BCUT2D eigenvalue weighted by Gasteiger charge is 2.33. The minimum atomic E-state index is -0.0619. The Morgan fingerprint density at radius 2 is 2.15 bits per heavy atom. The molecule has 1 fully saturated rings. The van der Waals surface area contributed by atoms with Crippen LogP contribution in [0.5, 0.6) is 5.75 Å². The summed E-state index contributed by atoms with van der Waals surface area (Å²) < 4.78 is 5.80. The van der Waals surface area contributed by atoms with Gasteiger partial charge in [0.25, 0.3) is 5.91 Å². The van der Waals surface area contributed by atoms with E-state index in [0.717, 1.165) is 29.4 Å². The molecule has 1 aromatic carbocycles. The SMILES string of the molecule is CCN1OC(COc2ccccc2)CC1CNC(=O)c1sc(C)nc1C. The van der Waals surface area contributed by atoms with Crippen LogP contribution < -0.4 is 10.1 Å². The highest BCUT2D eigenvalue weighted by molar-refractivity contribution is 7.13. The van der Waals surface area contributed by atoms with Crippen molar-refractivity contribution in [2.75, 3.05) is 19.7 Å². The summed E-state index contributed by atoms with van der Waals surface area (Å²) in [6.45, 7) is 7.64. The van der Waals surface area contributed by atoms with Gasteiger partial charge >= 0.3 is 0 Å². The first-order chi connectivity index (χ1) is 12.6. The molecule has 2 aromatic rings. The van der Waals surface area contributed by atoms with Crippen LogP contribution >= 0.6 is 11.3 Å². The molecule has 1 saturated heterocycles. The van der Waals surface area contributed by atoms with Gasteiger partial charge in [-0.3, -0.25) is 9.63 Å². The lowest BCUT2D eigenvalue weighted by molar-refractivity contribution is -0.164. The number of nitrogens with zero attached hydrogens (tertiary/aromatic N) is 2. The first-order valence-electron chi connectivity index (χ1n) is 8.90. The van der Waals surface area contributed by atoms with E-state index in [2.05, 4.69) is 10.3 Å². The fourth-order valence-corrected chi connectivity index (χ4v) is 3.93. The summed E-state index contributed by atoms with van der Waals surface area (Å²) in [6, 6.07) is 9.87. The molecule has 0 radical (unpaired) electrons. The lowest BCUT2D eigenvalue weighted by Gasteiger charge is -2.21. The number of carbonyl (C=O) groups excluding carboxylic acids is 1. The second kappa shape index (κ2) is 8.62. The van der Waals surface area contributed by atoms with Crippen LogP contribution in [0.3, 0.4) is 0 Å². The molecule has 1 aromatic heterocycles. The standard InChI is InChI=1S/C19H25N3O3S/c1-4-22-15(11-20-19(23)18-13(2)21-14(3)26-18)10-17(25-22)12-24-16-8-6-5-7-9-16/h5-9,15,17H,4,10-12H2,1-3H3,(H,20,23). The monoisotopic (exact) mass is 375 g/mol. The number of likely N-dealkylation sites (N-methyl/N-ethyl adjacent to an activating group) is 1. The van der Waals surface area contributed by atoms with Crippen molar-refractivity contribution in [3.05, 3.63) is 45.9 Å². The number of amides is 1. The maximum absolute atomic E-state index is 12.4. The van der Waals surface area contributed by atoms with E-state index in [4.69, 9.17) is 9.57 Å². The fourth-order valence-electron chi connectivity index (χ4n) is 3.10. The van der Waals surface area contributed by atoms with Crippen LogP contribution in [0.15, 0.2) is 30.3 Å². The summed E-state index contributed by atoms with van der Waals surface area (Å²) >= 11 is 1.43. The predicted molar refractivity (Wildman–Crippen MR) is 102 cm³/mol. The van der Waals surface area contributed by atoms with E-state index in [1.807, 2.05) is 56.2 Å². The number of benzene rings is 1. The Bertz CT molecular complexity index is 735. The summed E-state index contributed by atoms with van der Waals surface area (Å²) in [4.78, 5) is 23.4. The molecule has 1 aliphatic heterocycles. The van der Waals surface area contributed by atoms with Crippen LogP contribution in [-0.2, 0) is 4.84 Å². The molecule has 0 saturated carbocycles. The summed E-state index contributed by atoms with van der Waals surface area (Å²) in [5.41, 5.74) is 0.786. The van der Waals surface area contributed by atoms with Gasteiger partial charge in [0.1, 0.15) is 23.3 Å². The zero-order chi connectivity index (χ0) is 18.5. The number of carbonyl (C=O) groups is 1. The fraction of sp³-hybridized carbons (Fsp3) is 0.474. The lowest BCUT2D eigenvalue weighted by atomic mass is 10.1. The van der Waals surface area contributed by atoms with Crippen molar-refractivity contribution >= 4 is 17.2 Å². The first kappa shape index (κ1) is 18.8. The Labute approximate surface area is 158 Å². The highest BCUT2D eigenvalue weighted by Crippen LogP contribution is 2.22. The summed E-state index contributed by atoms with van der Waals surface area (Å²) in [6.07, 6.45) is 0.811. The Kier molecular flexibility index (Phi) is 6.24. The third kappa shape index (κ3) is 4.60. The van der Waals surface area contributed by atoms with Gasteiger partial charge in [0.2, 0.25) is 0 Å². The molecule has 0 aliphatic carbocycles. The van der Waals surface area contributed by atoms with Crippen LogP contribution in [0.2, 0.25) is 0 Å². The van der Waals surface area contributed by atoms with Crippen molar-refractivity contribution in [2.24, 2.45) is 0 Å². The molecule has 2 atom stereocenters. The number of rotatable bonds is 7. The number of ether oxygens (including phenoxy) is 1. The van der Waals surface area contributed by atoms with Crippen molar-refractivity contribution in [1.29, 1.82) is 0 Å². The molecule has 3 rings (SSSR count). The van der Waals surface area contributed by atoms with Gasteiger partial charge in [0, 0.05) is 13.1 Å². The minimum Gasteiger partial charge on any atom is -0.491 e. The number of aryl methyl sites for hydroxylation is 2. The van der Waals surface area contributed by atoms with Gasteiger partial charge in [0.05, 0.1) is 16.7 Å². The molecule has 1 aliphatic rings. The molecule has 26 heavy (non-hydrogen) atoms. The van der Waals surface area contributed by atoms with Crippen molar-refractivity contribution in [3.63, 3.8) is 0 Å². The van der Waals surface area contributed by atoms with Crippen molar-refractivity contribution in [3.8, 4) is 5.75 Å². The van der Waals surface area contributed by atoms with Crippen molar-refractivity contribution in [1.82, 2.24) is 15.4 Å². The van der Waals surface area contributed by atoms with Crippen LogP contribution in [-0.4, -0.2) is 47.8 Å². The normalized spacial score (nSPS) is 20.3. The smallest absolute Gasteiger partial charge is 0.263 e. The Hall–Kier alpha value is -1.96. The number of thiazole rings is 1. The van der Waals surface area contributed by atoms with Gasteiger partial charge in [-0.2, -0.15) is 5.06 Å². The van der Waals surface area contributed by atoms with E-state index in [1.54, 1.807) is 0 Å². The third-order valence-electron chi connectivity index (χ3n) is 4.33. The average Bonchev–Trinajstić information content (AvgIpc) is 3.20. The van der Waals surface area contributed by atoms with E-state index in [9.17, 15) is 4.79 Å². The summed E-state index contributed by atoms with van der Waals surface area (Å²) in [5, 5.41) is 5.86. The maximum Gasteiger partial charge on any atom is 0.263 e. The molecule has 0 spiro atoms. The predicted octanol–water partition coefficient (Wildman–Crippen LogP) is 2.96. The number of para-hydroxylation sites is 1. The largest absolute Gasteiger partial charge is 0.491 e. The lowest BCUT2D eigenvalue weighted by Crippen LogP contribution is -2.39. The van der Waals surface area contributed by atoms with Gasteiger partial charge < -0.3 is 10.1 Å². The molecule has 0 bridgehead atoms. The minimum absolute atomic E-state index is 0.00977. The topological polar surface area (TPSA) is 63.7 Å². The van der Waals surface area contributed by atoms with E-state index >= 15 is 0 Å². The first-order valence-corrected chi connectivity index (χ1v) is 9.72. The van der Waals surface area contributed by atoms with E-state index < -0.39 is 0 Å². The van der Waals surface area contributed by atoms with Gasteiger partial charge in [-0.1, -0.05) is 25.1 Å². The number of hydrogen-bond acceptors (Lipinski definition) is 6. The molecule has 7 heteroatoms. The Balaban J connectivity index is 1.51. The molecule has 2 heterocycles. The second-order valence-electron chi connectivity index (χ2n) is 6.33. The maximum atomic E-state index is 12.4. The van der Waals surface area contributed by atoms with Gasteiger partial charge in [-0.15, -0.1) is 11.3 Å². The van der Waals surface area contributed by atoms with Crippen molar-refractivity contribution < 1.29 is 14.4 Å². The van der Waals surface area contributed by atoms with Crippen LogP contribution in [0.1, 0.15) is 33.7 Å². The molecule has 2 unspecified atom stereocenters. The van der Waals surface area contributed by atoms with Gasteiger partial charge in [-0.25, -0.2) is 4.98 Å². The zero-order valence-corrected chi connectivity index (χ0v) is 16.2.